The molecule has 0 radical (unpaired) electrons. The molecule has 2 aromatic rings. The summed E-state index contributed by atoms with van der Waals surface area (Å²) in [4.78, 5) is 16.3. The second-order valence-electron chi connectivity index (χ2n) is 5.17. The van der Waals surface area contributed by atoms with Gasteiger partial charge in [-0.25, -0.2) is 0 Å². The van der Waals surface area contributed by atoms with Gasteiger partial charge < -0.3 is 10.6 Å². The zero-order valence-electron chi connectivity index (χ0n) is 11.4. The second-order valence-corrected chi connectivity index (χ2v) is 5.17. The number of pyridine rings is 1. The molecule has 0 bridgehead atoms. The van der Waals surface area contributed by atoms with E-state index in [1.807, 2.05) is 37.3 Å². The predicted molar refractivity (Wildman–Crippen MR) is 80.0 cm³/mol. The Morgan fingerprint density at radius 3 is 2.60 bits per heavy atom. The van der Waals surface area contributed by atoms with E-state index in [-0.39, 0.29) is 5.91 Å². The molecular formula is C16H17N3O. The van der Waals surface area contributed by atoms with Crippen LogP contribution in [0.5, 0.6) is 0 Å². The number of amides is 1. The third-order valence-electron chi connectivity index (χ3n) is 3.25. The number of rotatable bonds is 4. The van der Waals surface area contributed by atoms with Crippen molar-refractivity contribution in [3.63, 3.8) is 0 Å². The molecule has 20 heavy (non-hydrogen) atoms. The number of aromatic nitrogens is 1. The second kappa shape index (κ2) is 5.33. The van der Waals surface area contributed by atoms with Gasteiger partial charge in [-0.15, -0.1) is 0 Å². The van der Waals surface area contributed by atoms with Crippen molar-refractivity contribution in [3.8, 4) is 0 Å². The van der Waals surface area contributed by atoms with E-state index in [0.717, 1.165) is 16.9 Å². The van der Waals surface area contributed by atoms with E-state index < -0.39 is 0 Å². The molecule has 1 aliphatic carbocycles. The van der Waals surface area contributed by atoms with Gasteiger partial charge >= 0.3 is 0 Å². The quantitative estimate of drug-likeness (QED) is 0.894. The van der Waals surface area contributed by atoms with Crippen molar-refractivity contribution < 1.29 is 4.79 Å². The number of hydrogen-bond acceptors (Lipinski definition) is 3. The molecule has 1 aromatic carbocycles. The van der Waals surface area contributed by atoms with Gasteiger partial charge in [-0.3, -0.25) is 9.78 Å². The number of carbonyl (C=O) groups excluding carboxylic acids is 1. The molecule has 0 atom stereocenters. The van der Waals surface area contributed by atoms with Crippen molar-refractivity contribution in [2.75, 3.05) is 10.6 Å². The van der Waals surface area contributed by atoms with Crippen LogP contribution in [0, 0.1) is 6.92 Å². The minimum atomic E-state index is -0.187. The molecule has 1 saturated carbocycles. The number of carbonyl (C=O) groups is 1. The lowest BCUT2D eigenvalue weighted by Crippen LogP contribution is -2.14. The lowest BCUT2D eigenvalue weighted by Gasteiger charge is -2.07. The average Bonchev–Trinajstić information content (AvgIpc) is 3.25. The fraction of sp³-hybridized carbons (Fsp3) is 0.250. The molecular weight excluding hydrogens is 250 g/mol. The van der Waals surface area contributed by atoms with Crippen LogP contribution in [0.15, 0.2) is 42.6 Å². The van der Waals surface area contributed by atoms with Crippen LogP contribution in [-0.2, 0) is 0 Å². The highest BCUT2D eigenvalue weighted by atomic mass is 16.1. The normalized spacial score (nSPS) is 13.8. The summed E-state index contributed by atoms with van der Waals surface area (Å²) in [5.41, 5.74) is 3.33. The molecule has 2 N–H and O–H groups in total. The summed E-state index contributed by atoms with van der Waals surface area (Å²) in [6.45, 7) is 2.01. The molecule has 1 aliphatic rings. The van der Waals surface area contributed by atoms with Gasteiger partial charge in [0.2, 0.25) is 0 Å². The van der Waals surface area contributed by atoms with Crippen molar-refractivity contribution in [2.45, 2.75) is 25.8 Å². The number of anilines is 2. The number of benzene rings is 1. The largest absolute Gasteiger partial charge is 0.382 e. The van der Waals surface area contributed by atoms with Crippen molar-refractivity contribution >= 4 is 17.3 Å². The van der Waals surface area contributed by atoms with Gasteiger partial charge in [0.25, 0.3) is 5.91 Å². The number of hydrogen-bond donors (Lipinski definition) is 2. The molecule has 0 spiro atoms. The maximum Gasteiger partial charge on any atom is 0.274 e. The summed E-state index contributed by atoms with van der Waals surface area (Å²) in [7, 11) is 0. The highest BCUT2D eigenvalue weighted by Crippen LogP contribution is 2.24. The molecule has 0 aliphatic heterocycles. The van der Waals surface area contributed by atoms with Crippen LogP contribution in [0.4, 0.5) is 11.4 Å². The van der Waals surface area contributed by atoms with E-state index in [9.17, 15) is 4.79 Å². The predicted octanol–water partition coefficient (Wildman–Crippen LogP) is 3.22. The minimum absolute atomic E-state index is 0.187. The van der Waals surface area contributed by atoms with Crippen molar-refractivity contribution in [1.82, 2.24) is 4.98 Å². The minimum Gasteiger partial charge on any atom is -0.382 e. The van der Waals surface area contributed by atoms with Gasteiger partial charge in [-0.05, 0) is 44.0 Å². The summed E-state index contributed by atoms with van der Waals surface area (Å²) in [6.07, 6.45) is 4.06. The summed E-state index contributed by atoms with van der Waals surface area (Å²) in [5, 5.41) is 6.21. The van der Waals surface area contributed by atoms with Crippen molar-refractivity contribution in [2.24, 2.45) is 0 Å². The zero-order chi connectivity index (χ0) is 13.9. The fourth-order valence-electron chi connectivity index (χ4n) is 1.94. The third-order valence-corrected chi connectivity index (χ3v) is 3.25. The topological polar surface area (TPSA) is 54.0 Å². The number of nitrogens with zero attached hydrogens (tertiary/aromatic N) is 1. The Balaban J connectivity index is 1.71. The Morgan fingerprint density at radius 1 is 1.15 bits per heavy atom. The number of nitrogens with one attached hydrogen (secondary N) is 2. The van der Waals surface area contributed by atoms with Crippen molar-refractivity contribution in [3.05, 3.63) is 53.9 Å². The van der Waals surface area contributed by atoms with E-state index in [1.54, 1.807) is 12.3 Å². The summed E-state index contributed by atoms with van der Waals surface area (Å²) < 4.78 is 0. The van der Waals surface area contributed by atoms with E-state index in [1.165, 1.54) is 12.8 Å². The first-order valence-corrected chi connectivity index (χ1v) is 6.81. The molecule has 0 saturated heterocycles. The molecule has 1 heterocycles. The van der Waals surface area contributed by atoms with Crippen LogP contribution in [0.25, 0.3) is 0 Å². The van der Waals surface area contributed by atoms with Gasteiger partial charge in [0, 0.05) is 23.6 Å². The van der Waals surface area contributed by atoms with Crippen LogP contribution in [-0.4, -0.2) is 16.9 Å². The smallest absolute Gasteiger partial charge is 0.274 e. The molecule has 1 fully saturated rings. The lowest BCUT2D eigenvalue weighted by atomic mass is 10.2. The standard InChI is InChI=1S/C16H17N3O/c1-11-2-4-13(5-3-11)19-16(20)15-10-14(8-9-17-15)18-12-6-7-12/h2-5,8-10,12H,6-7H2,1H3,(H,17,18)(H,19,20). The van der Waals surface area contributed by atoms with E-state index >= 15 is 0 Å². The van der Waals surface area contributed by atoms with Gasteiger partial charge in [0.1, 0.15) is 5.69 Å². The Morgan fingerprint density at radius 2 is 1.90 bits per heavy atom. The summed E-state index contributed by atoms with van der Waals surface area (Å²) in [5.74, 6) is -0.187. The molecule has 3 rings (SSSR count). The Hall–Kier alpha value is -2.36. The third kappa shape index (κ3) is 3.15. The van der Waals surface area contributed by atoms with E-state index in [4.69, 9.17) is 0 Å². The van der Waals surface area contributed by atoms with Gasteiger partial charge in [0.15, 0.2) is 0 Å². The maximum atomic E-state index is 12.2. The lowest BCUT2D eigenvalue weighted by molar-refractivity contribution is 0.102. The Kier molecular flexibility index (Phi) is 3.37. The van der Waals surface area contributed by atoms with Gasteiger partial charge in [0.05, 0.1) is 0 Å². The number of aryl methyl sites for hydroxylation is 1. The van der Waals surface area contributed by atoms with Crippen LogP contribution in [0.2, 0.25) is 0 Å². The average molecular weight is 267 g/mol. The van der Waals surface area contributed by atoms with Crippen LogP contribution < -0.4 is 10.6 Å². The van der Waals surface area contributed by atoms with Crippen LogP contribution in [0.1, 0.15) is 28.9 Å². The molecule has 4 heteroatoms. The summed E-state index contributed by atoms with van der Waals surface area (Å²) >= 11 is 0. The fourth-order valence-corrected chi connectivity index (χ4v) is 1.94. The van der Waals surface area contributed by atoms with E-state index in [2.05, 4.69) is 15.6 Å². The van der Waals surface area contributed by atoms with Crippen LogP contribution >= 0.6 is 0 Å². The Labute approximate surface area is 118 Å². The van der Waals surface area contributed by atoms with Gasteiger partial charge in [-0.2, -0.15) is 0 Å². The SMILES string of the molecule is Cc1ccc(NC(=O)c2cc(NC3CC3)ccn2)cc1. The first kappa shape index (κ1) is 12.7. The molecule has 0 unspecified atom stereocenters. The first-order chi connectivity index (χ1) is 9.70. The molecule has 4 nitrogen and oxygen atoms in total. The molecule has 1 amide bonds. The van der Waals surface area contributed by atoms with Crippen molar-refractivity contribution in [1.29, 1.82) is 0 Å². The van der Waals surface area contributed by atoms with E-state index in [0.29, 0.717) is 11.7 Å². The maximum absolute atomic E-state index is 12.2. The monoisotopic (exact) mass is 267 g/mol. The highest BCUT2D eigenvalue weighted by molar-refractivity contribution is 6.03. The van der Waals surface area contributed by atoms with Crippen LogP contribution in [0.3, 0.4) is 0 Å². The Bertz CT molecular complexity index is 618. The molecule has 102 valence electrons. The van der Waals surface area contributed by atoms with Gasteiger partial charge in [-0.1, -0.05) is 17.7 Å². The summed E-state index contributed by atoms with van der Waals surface area (Å²) in [6, 6.07) is 12.0. The first-order valence-electron chi connectivity index (χ1n) is 6.81. The molecule has 1 aromatic heterocycles. The highest BCUT2D eigenvalue weighted by Gasteiger charge is 2.21. The zero-order valence-corrected chi connectivity index (χ0v) is 11.4.